The summed E-state index contributed by atoms with van der Waals surface area (Å²) in [5.74, 6) is 1.99. The molecule has 0 bridgehead atoms. The summed E-state index contributed by atoms with van der Waals surface area (Å²) in [4.78, 5) is 0. The van der Waals surface area contributed by atoms with E-state index in [1.807, 2.05) is 5.92 Å². The maximum absolute atomic E-state index is 12.7. The van der Waals surface area contributed by atoms with Crippen LogP contribution in [0.15, 0.2) is 0 Å². The Bertz CT molecular complexity index is 206. The van der Waals surface area contributed by atoms with Crippen LogP contribution in [-0.2, 0) is 4.57 Å². The lowest BCUT2D eigenvalue weighted by Gasteiger charge is -2.34. The lowest BCUT2D eigenvalue weighted by Crippen LogP contribution is -2.40. The molecule has 1 rings (SSSR count). The summed E-state index contributed by atoms with van der Waals surface area (Å²) in [6, 6.07) is 0. The van der Waals surface area contributed by atoms with E-state index < -0.39 is 12.8 Å². The van der Waals surface area contributed by atoms with Gasteiger partial charge in [-0.2, -0.15) is 0 Å². The molecular weight excluding hydrogens is 138 g/mol. The third-order valence-corrected chi connectivity index (χ3v) is 3.77. The average molecular weight is 146 g/mol. The Morgan fingerprint density at radius 2 is 2.22 bits per heavy atom. The van der Waals surface area contributed by atoms with Crippen molar-refractivity contribution in [1.29, 1.82) is 0 Å². The van der Waals surface area contributed by atoms with Crippen LogP contribution in [0.5, 0.6) is 0 Å². The highest BCUT2D eigenvalue weighted by Gasteiger charge is 2.48. The minimum atomic E-state index is -2.12. The van der Waals surface area contributed by atoms with Crippen LogP contribution < -0.4 is 0 Å². The van der Waals surface area contributed by atoms with Crippen molar-refractivity contribution >= 4 is 7.14 Å². The van der Waals surface area contributed by atoms with Crippen molar-refractivity contribution in [2.75, 3.05) is 19.0 Å². The van der Waals surface area contributed by atoms with Crippen LogP contribution in [0.3, 0.4) is 0 Å². The molecule has 50 valence electrons. The molecule has 1 aliphatic heterocycles. The quantitative estimate of drug-likeness (QED) is 0.372. The molecule has 0 aromatic heterocycles. The molecule has 1 nitrogen and oxygen atoms in total. The highest BCUT2D eigenvalue weighted by molar-refractivity contribution is 7.65. The second kappa shape index (κ2) is 1.61. The van der Waals surface area contributed by atoms with Gasteiger partial charge < -0.3 is 4.57 Å². The van der Waals surface area contributed by atoms with Crippen LogP contribution in [0, 0.1) is 12.3 Å². The summed E-state index contributed by atoms with van der Waals surface area (Å²) < 4.78 is 23.6. The third kappa shape index (κ3) is 1.17. The molecule has 0 aromatic carbocycles. The number of hydrogen-bond acceptors (Lipinski definition) is 1. The largest absolute Gasteiger partial charge is 0.324 e. The smallest absolute Gasteiger partial charge is 0.184 e. The average Bonchev–Trinajstić information content (AvgIpc) is 1.61. The molecule has 0 radical (unpaired) electrons. The summed E-state index contributed by atoms with van der Waals surface area (Å²) in [5, 5.41) is 0. The van der Waals surface area contributed by atoms with Crippen LogP contribution in [0.2, 0.25) is 0 Å². The molecule has 0 saturated carbocycles. The van der Waals surface area contributed by atoms with Crippen LogP contribution in [0.4, 0.5) is 4.39 Å². The van der Waals surface area contributed by atoms with E-state index in [0.717, 1.165) is 0 Å². The zero-order valence-corrected chi connectivity index (χ0v) is 6.12. The summed E-state index contributed by atoms with van der Waals surface area (Å²) in [5.41, 5.74) is -1.54. The molecule has 1 aliphatic rings. The Balaban J connectivity index is 2.64. The van der Waals surface area contributed by atoms with Crippen LogP contribution in [-0.4, -0.2) is 24.7 Å². The second-order valence-corrected chi connectivity index (χ2v) is 5.95. The lowest BCUT2D eigenvalue weighted by molar-refractivity contribution is 0.280. The SMILES string of the molecule is C#CC1(F)CP(C)(=O)C1. The van der Waals surface area contributed by atoms with Crippen LogP contribution >= 0.6 is 7.14 Å². The van der Waals surface area contributed by atoms with Gasteiger partial charge in [-0.05, 0) is 6.66 Å². The molecule has 0 unspecified atom stereocenters. The van der Waals surface area contributed by atoms with E-state index in [2.05, 4.69) is 0 Å². The summed E-state index contributed by atoms with van der Waals surface area (Å²) in [6.07, 6.45) is 5.00. The molecule has 0 spiro atoms. The predicted molar refractivity (Wildman–Crippen MR) is 35.9 cm³/mol. The highest BCUT2D eigenvalue weighted by atomic mass is 31.2. The Morgan fingerprint density at radius 3 is 2.33 bits per heavy atom. The fourth-order valence-corrected chi connectivity index (χ4v) is 3.32. The summed E-state index contributed by atoms with van der Waals surface area (Å²) in [7, 11) is -2.12. The van der Waals surface area contributed by atoms with Gasteiger partial charge in [0.05, 0.1) is 7.14 Å². The molecule has 0 atom stereocenters. The van der Waals surface area contributed by atoms with Crippen LogP contribution in [0.1, 0.15) is 0 Å². The van der Waals surface area contributed by atoms with E-state index in [0.29, 0.717) is 0 Å². The third-order valence-electron chi connectivity index (χ3n) is 1.43. The second-order valence-electron chi connectivity index (χ2n) is 2.72. The zero-order chi connectivity index (χ0) is 7.12. The normalized spacial score (nSPS) is 49.4. The number of halogens is 1. The zero-order valence-electron chi connectivity index (χ0n) is 5.22. The Hall–Kier alpha value is -0.280. The van der Waals surface area contributed by atoms with E-state index in [-0.39, 0.29) is 12.3 Å². The number of terminal acetylenes is 1. The van der Waals surface area contributed by atoms with Crippen molar-refractivity contribution in [2.24, 2.45) is 0 Å². The van der Waals surface area contributed by atoms with Crippen molar-refractivity contribution in [3.05, 3.63) is 0 Å². The van der Waals surface area contributed by atoms with Crippen LogP contribution in [0.25, 0.3) is 0 Å². The van der Waals surface area contributed by atoms with Crippen molar-refractivity contribution in [3.63, 3.8) is 0 Å². The molecule has 0 aliphatic carbocycles. The van der Waals surface area contributed by atoms with Gasteiger partial charge in [-0.1, -0.05) is 5.92 Å². The van der Waals surface area contributed by atoms with Gasteiger partial charge in [0.15, 0.2) is 5.67 Å². The van der Waals surface area contributed by atoms with E-state index in [1.165, 1.54) is 0 Å². The van der Waals surface area contributed by atoms with Gasteiger partial charge >= 0.3 is 0 Å². The Morgan fingerprint density at radius 1 is 1.78 bits per heavy atom. The molecule has 9 heavy (non-hydrogen) atoms. The first-order valence-electron chi connectivity index (χ1n) is 2.70. The van der Waals surface area contributed by atoms with Gasteiger partial charge in [0, 0.05) is 12.3 Å². The topological polar surface area (TPSA) is 17.1 Å². The number of hydrogen-bond donors (Lipinski definition) is 0. The first-order chi connectivity index (χ1) is 3.97. The fraction of sp³-hybridized carbons (Fsp3) is 0.667. The molecular formula is C6H8FOP. The van der Waals surface area contributed by atoms with E-state index in [4.69, 9.17) is 6.42 Å². The molecule has 3 heteroatoms. The molecule has 0 N–H and O–H groups in total. The molecule has 1 fully saturated rings. The van der Waals surface area contributed by atoms with Crippen molar-refractivity contribution in [2.45, 2.75) is 5.67 Å². The van der Waals surface area contributed by atoms with E-state index in [1.54, 1.807) is 6.66 Å². The standard InChI is InChI=1S/C6H8FOP/c1-3-6(7)4-9(2,8)5-6/h1H,4-5H2,2H3. The van der Waals surface area contributed by atoms with Gasteiger partial charge in [0.1, 0.15) is 0 Å². The Kier molecular flexibility index (Phi) is 1.22. The summed E-state index contributed by atoms with van der Waals surface area (Å²) in [6.45, 7) is 1.59. The first kappa shape index (κ1) is 6.83. The first-order valence-corrected chi connectivity index (χ1v) is 5.22. The molecule has 0 aromatic rings. The minimum absolute atomic E-state index is 0.0799. The van der Waals surface area contributed by atoms with Gasteiger partial charge in [-0.15, -0.1) is 6.42 Å². The van der Waals surface area contributed by atoms with E-state index >= 15 is 0 Å². The number of rotatable bonds is 0. The highest BCUT2D eigenvalue weighted by Crippen LogP contribution is 2.57. The van der Waals surface area contributed by atoms with Gasteiger partial charge in [0.25, 0.3) is 0 Å². The maximum atomic E-state index is 12.7. The van der Waals surface area contributed by atoms with Crippen molar-refractivity contribution in [3.8, 4) is 12.3 Å². The fourth-order valence-electron chi connectivity index (χ4n) is 1.11. The van der Waals surface area contributed by atoms with Crippen molar-refractivity contribution < 1.29 is 8.96 Å². The lowest BCUT2D eigenvalue weighted by atomic mass is 10.2. The van der Waals surface area contributed by atoms with Gasteiger partial charge in [0.2, 0.25) is 0 Å². The monoisotopic (exact) mass is 146 g/mol. The van der Waals surface area contributed by atoms with Gasteiger partial charge in [-0.25, -0.2) is 4.39 Å². The minimum Gasteiger partial charge on any atom is -0.324 e. The predicted octanol–water partition coefficient (Wildman–Crippen LogP) is 1.33. The molecule has 1 saturated heterocycles. The summed E-state index contributed by atoms with van der Waals surface area (Å²) >= 11 is 0. The van der Waals surface area contributed by atoms with E-state index in [9.17, 15) is 8.96 Å². The van der Waals surface area contributed by atoms with Crippen molar-refractivity contribution in [1.82, 2.24) is 0 Å². The maximum Gasteiger partial charge on any atom is 0.184 e. The molecule has 1 heterocycles. The number of alkyl halides is 1. The molecule has 0 amide bonds. The Labute approximate surface area is 54.0 Å². The van der Waals surface area contributed by atoms with Gasteiger partial charge in [-0.3, -0.25) is 0 Å².